The lowest BCUT2D eigenvalue weighted by molar-refractivity contribution is -0.143. The van der Waals surface area contributed by atoms with Gasteiger partial charge >= 0.3 is 5.97 Å². The number of benzene rings is 1. The van der Waals surface area contributed by atoms with E-state index in [1.165, 1.54) is 0 Å². The maximum Gasteiger partial charge on any atom is 0.329 e. The number of carboxylic acids is 1. The van der Waals surface area contributed by atoms with Crippen molar-refractivity contribution in [2.75, 3.05) is 5.32 Å². The summed E-state index contributed by atoms with van der Waals surface area (Å²) in [5.41, 5.74) is 1.14. The van der Waals surface area contributed by atoms with Gasteiger partial charge in [-0.15, -0.1) is 0 Å². The number of anilines is 1. The minimum Gasteiger partial charge on any atom is -0.480 e. The molecule has 0 aromatic heterocycles. The lowest BCUT2D eigenvalue weighted by Gasteiger charge is -2.33. The van der Waals surface area contributed by atoms with Crippen molar-refractivity contribution in [3.05, 3.63) is 29.8 Å². The topological polar surface area (TPSA) is 49.3 Å². The van der Waals surface area contributed by atoms with E-state index in [1.54, 1.807) is 0 Å². The van der Waals surface area contributed by atoms with E-state index in [0.29, 0.717) is 18.8 Å². The van der Waals surface area contributed by atoms with Crippen molar-refractivity contribution >= 4 is 11.7 Å². The average molecular weight is 263 g/mol. The van der Waals surface area contributed by atoms with Crippen LogP contribution in [0.15, 0.2) is 24.3 Å². The number of rotatable bonds is 7. The van der Waals surface area contributed by atoms with Gasteiger partial charge in [0.1, 0.15) is 5.54 Å². The Hall–Kier alpha value is -1.51. The fourth-order valence-electron chi connectivity index (χ4n) is 2.31. The van der Waals surface area contributed by atoms with Crippen molar-refractivity contribution in [2.45, 2.75) is 52.5 Å². The molecule has 3 heteroatoms. The van der Waals surface area contributed by atoms with E-state index in [4.69, 9.17) is 0 Å². The Morgan fingerprint density at radius 3 is 2.58 bits per heavy atom. The van der Waals surface area contributed by atoms with Gasteiger partial charge in [-0.05, 0) is 43.4 Å². The van der Waals surface area contributed by atoms with Gasteiger partial charge in [0.15, 0.2) is 0 Å². The highest BCUT2D eigenvalue weighted by molar-refractivity contribution is 5.82. The average Bonchev–Trinajstić information content (AvgIpc) is 2.37. The van der Waals surface area contributed by atoms with Crippen molar-refractivity contribution < 1.29 is 9.90 Å². The molecule has 106 valence electrons. The van der Waals surface area contributed by atoms with Gasteiger partial charge in [-0.25, -0.2) is 4.79 Å². The Morgan fingerprint density at radius 1 is 1.42 bits per heavy atom. The third-order valence-electron chi connectivity index (χ3n) is 3.81. The van der Waals surface area contributed by atoms with Crippen LogP contribution >= 0.6 is 0 Å². The normalized spacial score (nSPS) is 15.6. The van der Waals surface area contributed by atoms with Crippen molar-refractivity contribution in [1.29, 1.82) is 0 Å². The van der Waals surface area contributed by atoms with Gasteiger partial charge < -0.3 is 10.4 Å². The van der Waals surface area contributed by atoms with Crippen LogP contribution in [0.5, 0.6) is 0 Å². The second-order valence-corrected chi connectivity index (χ2v) is 5.45. The quantitative estimate of drug-likeness (QED) is 0.779. The van der Waals surface area contributed by atoms with Crippen molar-refractivity contribution in [2.24, 2.45) is 5.92 Å². The summed E-state index contributed by atoms with van der Waals surface area (Å²) >= 11 is 0. The zero-order valence-electron chi connectivity index (χ0n) is 12.4. The lowest BCUT2D eigenvalue weighted by atomic mass is 9.84. The molecule has 0 aliphatic rings. The van der Waals surface area contributed by atoms with E-state index >= 15 is 0 Å². The zero-order valence-corrected chi connectivity index (χ0v) is 12.4. The highest BCUT2D eigenvalue weighted by Gasteiger charge is 2.37. The Bertz CT molecular complexity index is 431. The van der Waals surface area contributed by atoms with Crippen LogP contribution in [-0.4, -0.2) is 16.6 Å². The Kier molecular flexibility index (Phi) is 5.40. The molecular formula is C16H25NO2. The molecule has 3 nitrogen and oxygen atoms in total. The first-order chi connectivity index (χ1) is 8.93. The fourth-order valence-corrected chi connectivity index (χ4v) is 2.31. The standard InChI is InChI=1S/C16H25NO2/c1-5-12(3)11-16(6-2,15(18)19)17-14-9-7-8-13(4)10-14/h7-10,12,17H,5-6,11H2,1-4H3,(H,18,19). The Morgan fingerprint density at radius 2 is 2.11 bits per heavy atom. The van der Waals surface area contributed by atoms with Crippen LogP contribution in [0, 0.1) is 12.8 Å². The van der Waals surface area contributed by atoms with Crippen LogP contribution in [0.4, 0.5) is 5.69 Å². The molecule has 0 fully saturated rings. The van der Waals surface area contributed by atoms with Crippen molar-refractivity contribution in [1.82, 2.24) is 0 Å². The minimum absolute atomic E-state index is 0.383. The molecule has 0 radical (unpaired) electrons. The summed E-state index contributed by atoms with van der Waals surface area (Å²) in [5.74, 6) is -0.384. The molecule has 0 saturated carbocycles. The summed E-state index contributed by atoms with van der Waals surface area (Å²) in [4.78, 5) is 11.7. The van der Waals surface area contributed by atoms with E-state index in [2.05, 4.69) is 19.2 Å². The van der Waals surface area contributed by atoms with Gasteiger partial charge in [0.2, 0.25) is 0 Å². The number of carbonyl (C=O) groups is 1. The summed E-state index contributed by atoms with van der Waals surface area (Å²) in [5, 5.41) is 12.9. The first kappa shape index (κ1) is 15.5. The number of hydrogen-bond donors (Lipinski definition) is 2. The van der Waals surface area contributed by atoms with Crippen molar-refractivity contribution in [3.8, 4) is 0 Å². The van der Waals surface area contributed by atoms with Crippen molar-refractivity contribution in [3.63, 3.8) is 0 Å². The van der Waals surface area contributed by atoms with E-state index in [0.717, 1.165) is 17.7 Å². The molecule has 0 saturated heterocycles. The van der Waals surface area contributed by atoms with Gasteiger partial charge in [0.05, 0.1) is 0 Å². The number of nitrogens with one attached hydrogen (secondary N) is 1. The smallest absolute Gasteiger partial charge is 0.329 e. The molecule has 0 heterocycles. The molecule has 1 rings (SSSR count). The molecule has 2 atom stereocenters. The minimum atomic E-state index is -0.872. The predicted octanol–water partition coefficient (Wildman–Crippen LogP) is 4.08. The monoisotopic (exact) mass is 263 g/mol. The maximum atomic E-state index is 11.7. The van der Waals surface area contributed by atoms with Gasteiger partial charge in [-0.3, -0.25) is 0 Å². The molecular weight excluding hydrogens is 238 g/mol. The highest BCUT2D eigenvalue weighted by Crippen LogP contribution is 2.28. The molecule has 2 unspecified atom stereocenters. The van der Waals surface area contributed by atoms with Gasteiger partial charge in [0.25, 0.3) is 0 Å². The van der Waals surface area contributed by atoms with Crippen LogP contribution in [-0.2, 0) is 4.79 Å². The predicted molar refractivity (Wildman–Crippen MR) is 79.5 cm³/mol. The summed E-state index contributed by atoms with van der Waals surface area (Å²) < 4.78 is 0. The molecule has 0 aliphatic carbocycles. The Labute approximate surface area is 116 Å². The van der Waals surface area contributed by atoms with Crippen LogP contribution in [0.1, 0.15) is 45.6 Å². The van der Waals surface area contributed by atoms with Gasteiger partial charge in [-0.1, -0.05) is 39.3 Å². The first-order valence-electron chi connectivity index (χ1n) is 7.01. The summed E-state index contributed by atoms with van der Waals surface area (Å²) in [6.07, 6.45) is 2.20. The summed E-state index contributed by atoms with van der Waals surface area (Å²) in [7, 11) is 0. The van der Waals surface area contributed by atoms with E-state index in [-0.39, 0.29) is 0 Å². The second-order valence-electron chi connectivity index (χ2n) is 5.45. The highest BCUT2D eigenvalue weighted by atomic mass is 16.4. The molecule has 2 N–H and O–H groups in total. The summed E-state index contributed by atoms with van der Waals surface area (Å²) in [6, 6.07) is 7.87. The van der Waals surface area contributed by atoms with Crippen LogP contribution in [0.2, 0.25) is 0 Å². The fraction of sp³-hybridized carbons (Fsp3) is 0.562. The number of aliphatic carboxylic acids is 1. The number of hydrogen-bond acceptors (Lipinski definition) is 2. The molecule has 0 spiro atoms. The Balaban J connectivity index is 3.00. The van der Waals surface area contributed by atoms with Crippen LogP contribution in [0.3, 0.4) is 0 Å². The zero-order chi connectivity index (χ0) is 14.5. The summed E-state index contributed by atoms with van der Waals surface area (Å²) in [6.45, 7) is 8.14. The largest absolute Gasteiger partial charge is 0.480 e. The number of carboxylic acid groups (broad SMARTS) is 1. The molecule has 1 aromatic rings. The lowest BCUT2D eigenvalue weighted by Crippen LogP contribution is -2.47. The molecule has 0 amide bonds. The molecule has 0 bridgehead atoms. The van der Waals surface area contributed by atoms with E-state index in [1.807, 2.05) is 38.1 Å². The molecule has 19 heavy (non-hydrogen) atoms. The van der Waals surface area contributed by atoms with Crippen LogP contribution < -0.4 is 5.32 Å². The molecule has 1 aromatic carbocycles. The second kappa shape index (κ2) is 6.60. The van der Waals surface area contributed by atoms with E-state index < -0.39 is 11.5 Å². The molecule has 0 aliphatic heterocycles. The first-order valence-corrected chi connectivity index (χ1v) is 7.01. The maximum absolute atomic E-state index is 11.7. The van der Waals surface area contributed by atoms with Gasteiger partial charge in [0, 0.05) is 5.69 Å². The SMILES string of the molecule is CCC(C)CC(CC)(Nc1cccc(C)c1)C(=O)O. The van der Waals surface area contributed by atoms with Crippen LogP contribution in [0.25, 0.3) is 0 Å². The van der Waals surface area contributed by atoms with Gasteiger partial charge in [-0.2, -0.15) is 0 Å². The van der Waals surface area contributed by atoms with E-state index in [9.17, 15) is 9.90 Å². The third kappa shape index (κ3) is 3.98. The number of aryl methyl sites for hydroxylation is 1. The third-order valence-corrected chi connectivity index (χ3v) is 3.81.